The van der Waals surface area contributed by atoms with Crippen LogP contribution >= 0.6 is 0 Å². The van der Waals surface area contributed by atoms with Gasteiger partial charge in [-0.25, -0.2) is 4.79 Å². The molecule has 1 saturated carbocycles. The van der Waals surface area contributed by atoms with Gasteiger partial charge in [0.1, 0.15) is 6.04 Å². The maximum absolute atomic E-state index is 12.7. The molecule has 1 aromatic rings. The molecule has 1 aliphatic carbocycles. The van der Waals surface area contributed by atoms with Crippen molar-refractivity contribution in [3.05, 3.63) is 23.8 Å². The molecular formula is C22H31N3O5. The molecule has 8 heteroatoms. The number of hydrogen-bond acceptors (Lipinski definition) is 5. The first-order valence-electron chi connectivity index (χ1n) is 10.6. The minimum atomic E-state index is -0.798. The number of hydrogen-bond donors (Lipinski definition) is 2. The Labute approximate surface area is 177 Å². The summed E-state index contributed by atoms with van der Waals surface area (Å²) in [7, 11) is 3.13. The smallest absolute Gasteiger partial charge is 0.324 e. The number of nitrogens with one attached hydrogen (secondary N) is 2. The van der Waals surface area contributed by atoms with Gasteiger partial charge in [-0.2, -0.15) is 0 Å². The Morgan fingerprint density at radius 3 is 2.47 bits per heavy atom. The second-order valence-electron chi connectivity index (χ2n) is 7.89. The highest BCUT2D eigenvalue weighted by Crippen LogP contribution is 2.28. The fourth-order valence-corrected chi connectivity index (χ4v) is 4.10. The second kappa shape index (κ2) is 10.3. The van der Waals surface area contributed by atoms with Gasteiger partial charge in [0.2, 0.25) is 5.91 Å². The molecule has 0 bridgehead atoms. The lowest BCUT2D eigenvalue weighted by Gasteiger charge is -2.17. The first-order valence-corrected chi connectivity index (χ1v) is 10.6. The van der Waals surface area contributed by atoms with Crippen LogP contribution in [0.5, 0.6) is 11.5 Å². The number of carbonyl (C=O) groups excluding carboxylic acids is 3. The van der Waals surface area contributed by atoms with Crippen LogP contribution in [0.15, 0.2) is 18.2 Å². The monoisotopic (exact) mass is 417 g/mol. The van der Waals surface area contributed by atoms with Crippen molar-refractivity contribution < 1.29 is 23.9 Å². The maximum atomic E-state index is 12.7. The van der Waals surface area contributed by atoms with Crippen LogP contribution in [0, 0.1) is 0 Å². The van der Waals surface area contributed by atoms with Crippen molar-refractivity contribution in [3.8, 4) is 11.5 Å². The van der Waals surface area contributed by atoms with Crippen molar-refractivity contribution in [1.82, 2.24) is 15.5 Å². The summed E-state index contributed by atoms with van der Waals surface area (Å²) in [4.78, 5) is 38.5. The highest BCUT2D eigenvalue weighted by Gasteiger charge is 2.38. The van der Waals surface area contributed by atoms with Gasteiger partial charge in [0.05, 0.1) is 20.6 Å². The highest BCUT2D eigenvalue weighted by molar-refractivity contribution is 6.05. The van der Waals surface area contributed by atoms with E-state index < -0.39 is 12.1 Å². The van der Waals surface area contributed by atoms with Crippen molar-refractivity contribution in [2.24, 2.45) is 0 Å². The van der Waals surface area contributed by atoms with Crippen LogP contribution in [0.1, 0.15) is 50.5 Å². The first kappa shape index (κ1) is 21.9. The Morgan fingerprint density at radius 1 is 1.10 bits per heavy atom. The maximum Gasteiger partial charge on any atom is 0.324 e. The van der Waals surface area contributed by atoms with E-state index in [0.29, 0.717) is 17.9 Å². The van der Waals surface area contributed by atoms with Crippen LogP contribution in [0.25, 0.3) is 0 Å². The SMILES string of the molecule is COc1ccc(CCN2C(=O)N[C@H](CC(=O)NC3CCCCCC3)C2=O)cc1OC. The summed E-state index contributed by atoms with van der Waals surface area (Å²) < 4.78 is 10.5. The van der Waals surface area contributed by atoms with E-state index in [0.717, 1.165) is 31.2 Å². The standard InChI is InChI=1S/C22H31N3O5/c1-29-18-10-9-15(13-19(18)30-2)11-12-25-21(27)17(24-22(25)28)14-20(26)23-16-7-5-3-4-6-8-16/h9-10,13,16-17H,3-8,11-12,14H2,1-2H3,(H,23,26)(H,24,28)/t17-/m1/s1. The topological polar surface area (TPSA) is 97.0 Å². The molecule has 0 unspecified atom stereocenters. The van der Waals surface area contributed by atoms with Gasteiger partial charge in [0, 0.05) is 12.6 Å². The van der Waals surface area contributed by atoms with E-state index in [1.807, 2.05) is 12.1 Å². The van der Waals surface area contributed by atoms with Crippen LogP contribution in [0.3, 0.4) is 0 Å². The molecule has 4 amide bonds. The number of urea groups is 1. The lowest BCUT2D eigenvalue weighted by atomic mass is 10.1. The summed E-state index contributed by atoms with van der Waals surface area (Å²) >= 11 is 0. The summed E-state index contributed by atoms with van der Waals surface area (Å²) in [5.41, 5.74) is 0.919. The highest BCUT2D eigenvalue weighted by atomic mass is 16.5. The van der Waals surface area contributed by atoms with Crippen molar-refractivity contribution >= 4 is 17.8 Å². The normalized spacial score (nSPS) is 19.9. The number of carbonyl (C=O) groups is 3. The van der Waals surface area contributed by atoms with Crippen molar-refractivity contribution in [3.63, 3.8) is 0 Å². The molecule has 1 aromatic carbocycles. The number of benzene rings is 1. The lowest BCUT2D eigenvalue weighted by molar-refractivity contribution is -0.131. The van der Waals surface area contributed by atoms with Gasteiger partial charge in [0.15, 0.2) is 11.5 Å². The van der Waals surface area contributed by atoms with Gasteiger partial charge >= 0.3 is 6.03 Å². The van der Waals surface area contributed by atoms with Crippen molar-refractivity contribution in [1.29, 1.82) is 0 Å². The van der Waals surface area contributed by atoms with E-state index >= 15 is 0 Å². The Kier molecular flexibility index (Phi) is 7.54. The molecule has 2 aliphatic rings. The lowest BCUT2D eigenvalue weighted by Crippen LogP contribution is -2.40. The Balaban J connectivity index is 1.52. The summed E-state index contributed by atoms with van der Waals surface area (Å²) in [6.45, 7) is 0.237. The van der Waals surface area contributed by atoms with E-state index in [-0.39, 0.29) is 30.8 Å². The largest absolute Gasteiger partial charge is 0.493 e. The molecule has 0 spiro atoms. The van der Waals surface area contributed by atoms with E-state index in [1.165, 1.54) is 17.7 Å². The van der Waals surface area contributed by atoms with Gasteiger partial charge < -0.3 is 20.1 Å². The summed E-state index contributed by atoms with van der Waals surface area (Å²) in [5.74, 6) is 0.690. The predicted octanol–water partition coefficient (Wildman–Crippen LogP) is 2.40. The summed E-state index contributed by atoms with van der Waals surface area (Å²) in [6.07, 6.45) is 7.08. The summed E-state index contributed by atoms with van der Waals surface area (Å²) in [5, 5.41) is 5.67. The third-order valence-corrected chi connectivity index (χ3v) is 5.79. The molecule has 30 heavy (non-hydrogen) atoms. The molecule has 0 radical (unpaired) electrons. The van der Waals surface area contributed by atoms with Crippen molar-refractivity contribution in [2.75, 3.05) is 20.8 Å². The van der Waals surface area contributed by atoms with Gasteiger partial charge in [0.25, 0.3) is 5.91 Å². The Hall–Kier alpha value is -2.77. The molecule has 2 fully saturated rings. The average Bonchev–Trinajstić information content (AvgIpc) is 2.91. The van der Waals surface area contributed by atoms with E-state index in [1.54, 1.807) is 20.3 Å². The number of nitrogens with zero attached hydrogens (tertiary/aromatic N) is 1. The molecule has 3 rings (SSSR count). The summed E-state index contributed by atoms with van der Waals surface area (Å²) in [6, 6.07) is 4.42. The Morgan fingerprint density at radius 2 is 1.80 bits per heavy atom. The molecule has 2 N–H and O–H groups in total. The van der Waals surface area contributed by atoms with Crippen molar-refractivity contribution in [2.45, 2.75) is 63.5 Å². The fraction of sp³-hybridized carbons (Fsp3) is 0.591. The molecule has 1 aliphatic heterocycles. The molecule has 1 heterocycles. The number of rotatable bonds is 8. The molecular weight excluding hydrogens is 386 g/mol. The van der Waals surface area contributed by atoms with Gasteiger partial charge in [-0.05, 0) is 37.0 Å². The van der Waals surface area contributed by atoms with Gasteiger partial charge in [-0.3, -0.25) is 14.5 Å². The molecule has 1 saturated heterocycles. The third-order valence-electron chi connectivity index (χ3n) is 5.79. The van der Waals surface area contributed by atoms with Crippen LogP contribution in [0.4, 0.5) is 4.79 Å². The molecule has 1 atom stereocenters. The zero-order valence-electron chi connectivity index (χ0n) is 17.7. The average molecular weight is 418 g/mol. The van der Waals surface area contributed by atoms with E-state index in [9.17, 15) is 14.4 Å². The minimum Gasteiger partial charge on any atom is -0.493 e. The Bertz CT molecular complexity index is 774. The zero-order chi connectivity index (χ0) is 21.5. The zero-order valence-corrected chi connectivity index (χ0v) is 17.7. The number of amides is 4. The third kappa shape index (κ3) is 5.43. The van der Waals surface area contributed by atoms with Gasteiger partial charge in [-0.15, -0.1) is 0 Å². The number of imide groups is 1. The fourth-order valence-electron chi connectivity index (χ4n) is 4.10. The molecule has 0 aromatic heterocycles. The molecule has 164 valence electrons. The van der Waals surface area contributed by atoms with Crippen LogP contribution < -0.4 is 20.1 Å². The second-order valence-corrected chi connectivity index (χ2v) is 7.89. The predicted molar refractivity (Wildman–Crippen MR) is 112 cm³/mol. The van der Waals surface area contributed by atoms with E-state index in [2.05, 4.69) is 10.6 Å². The van der Waals surface area contributed by atoms with E-state index in [4.69, 9.17) is 9.47 Å². The van der Waals surface area contributed by atoms with Crippen LogP contribution in [-0.2, 0) is 16.0 Å². The van der Waals surface area contributed by atoms with Crippen LogP contribution in [-0.4, -0.2) is 55.6 Å². The van der Waals surface area contributed by atoms with Gasteiger partial charge in [-0.1, -0.05) is 31.7 Å². The quantitative estimate of drug-likeness (QED) is 0.500. The van der Waals surface area contributed by atoms with Crippen LogP contribution in [0.2, 0.25) is 0 Å². The minimum absolute atomic E-state index is 0.0199. The molecule has 8 nitrogen and oxygen atoms in total. The first-order chi connectivity index (χ1) is 14.5. The number of ether oxygens (including phenoxy) is 2. The number of methoxy groups -OCH3 is 2.